The number of fused-ring (bicyclic) bond motifs is 1. The fourth-order valence-electron chi connectivity index (χ4n) is 3.29. The Morgan fingerprint density at radius 2 is 1.83 bits per heavy atom. The lowest BCUT2D eigenvalue weighted by atomic mass is 10.1. The van der Waals surface area contributed by atoms with Gasteiger partial charge in [-0.3, -0.25) is 4.79 Å². The lowest BCUT2D eigenvalue weighted by Gasteiger charge is -2.19. The highest BCUT2D eigenvalue weighted by Gasteiger charge is 2.21. The predicted octanol–water partition coefficient (Wildman–Crippen LogP) is 5.42. The molecule has 7 heteroatoms. The van der Waals surface area contributed by atoms with E-state index in [0.717, 1.165) is 33.0 Å². The first-order chi connectivity index (χ1) is 14.6. The Morgan fingerprint density at radius 1 is 1.10 bits per heavy atom. The van der Waals surface area contributed by atoms with Crippen molar-refractivity contribution in [1.29, 1.82) is 0 Å². The molecule has 0 radical (unpaired) electrons. The number of rotatable bonds is 6. The van der Waals surface area contributed by atoms with Crippen molar-refractivity contribution in [2.24, 2.45) is 0 Å². The van der Waals surface area contributed by atoms with Gasteiger partial charge >= 0.3 is 0 Å². The highest BCUT2D eigenvalue weighted by Crippen LogP contribution is 2.37. The normalized spacial score (nSPS) is 10.8. The Labute approximate surface area is 179 Å². The Kier molecular flexibility index (Phi) is 5.63. The Morgan fingerprint density at radius 3 is 2.53 bits per heavy atom. The summed E-state index contributed by atoms with van der Waals surface area (Å²) in [4.78, 5) is 25.3. The number of para-hydroxylation sites is 1. The van der Waals surface area contributed by atoms with Crippen LogP contribution in [0.4, 0.5) is 17.2 Å². The van der Waals surface area contributed by atoms with E-state index in [2.05, 4.69) is 15.3 Å². The highest BCUT2D eigenvalue weighted by molar-refractivity contribution is 7.20. The molecule has 30 heavy (non-hydrogen) atoms. The van der Waals surface area contributed by atoms with E-state index in [1.54, 1.807) is 6.33 Å². The average molecular weight is 419 g/mol. The quantitative estimate of drug-likeness (QED) is 0.453. The fourth-order valence-corrected chi connectivity index (χ4v) is 4.33. The van der Waals surface area contributed by atoms with Gasteiger partial charge in [0.05, 0.1) is 16.9 Å². The zero-order chi connectivity index (χ0) is 21.1. The van der Waals surface area contributed by atoms with Gasteiger partial charge in [-0.05, 0) is 55.8 Å². The van der Waals surface area contributed by atoms with Gasteiger partial charge in [0.2, 0.25) is 0 Å². The van der Waals surface area contributed by atoms with Crippen LogP contribution in [-0.4, -0.2) is 29.5 Å². The molecule has 0 saturated heterocycles. The second kappa shape index (κ2) is 8.51. The third kappa shape index (κ3) is 3.84. The van der Waals surface area contributed by atoms with Gasteiger partial charge in [0, 0.05) is 18.4 Å². The second-order valence-corrected chi connectivity index (χ2v) is 7.74. The number of anilines is 3. The van der Waals surface area contributed by atoms with Crippen LogP contribution < -0.4 is 15.0 Å². The van der Waals surface area contributed by atoms with E-state index in [-0.39, 0.29) is 5.91 Å². The summed E-state index contributed by atoms with van der Waals surface area (Å²) in [5.74, 6) is 1.39. The minimum absolute atomic E-state index is 0.159. The summed E-state index contributed by atoms with van der Waals surface area (Å²) >= 11 is 1.37. The molecular formula is C23H22N4O2S. The number of carbonyl (C=O) groups is 1. The summed E-state index contributed by atoms with van der Waals surface area (Å²) in [6.07, 6.45) is 1.54. The maximum atomic E-state index is 13.0. The summed E-state index contributed by atoms with van der Waals surface area (Å²) in [7, 11) is 1.97. The molecule has 0 aliphatic heterocycles. The SMILES string of the molecule is CCOc1ccc(NC(=O)c2sc3ncnc(N(C)c4ccccc4)c3c2C)cc1. The molecule has 2 aromatic heterocycles. The Bertz CT molecular complexity index is 1170. The lowest BCUT2D eigenvalue weighted by Crippen LogP contribution is -2.13. The number of aromatic nitrogens is 2. The van der Waals surface area contributed by atoms with E-state index in [9.17, 15) is 4.79 Å². The molecule has 2 heterocycles. The van der Waals surface area contributed by atoms with Gasteiger partial charge in [0.1, 0.15) is 22.7 Å². The third-order valence-electron chi connectivity index (χ3n) is 4.80. The molecule has 0 saturated carbocycles. The number of thiophene rings is 1. The minimum Gasteiger partial charge on any atom is -0.494 e. The number of ether oxygens (including phenoxy) is 1. The average Bonchev–Trinajstić information content (AvgIpc) is 3.12. The second-order valence-electron chi connectivity index (χ2n) is 6.74. The molecule has 0 atom stereocenters. The number of amides is 1. The fraction of sp³-hybridized carbons (Fsp3) is 0.174. The first-order valence-corrected chi connectivity index (χ1v) is 10.5. The number of nitrogens with zero attached hydrogens (tertiary/aromatic N) is 3. The maximum absolute atomic E-state index is 13.0. The monoisotopic (exact) mass is 418 g/mol. The van der Waals surface area contributed by atoms with E-state index in [1.165, 1.54) is 11.3 Å². The molecule has 0 spiro atoms. The van der Waals surface area contributed by atoms with Gasteiger partial charge in [-0.2, -0.15) is 0 Å². The number of benzene rings is 2. The van der Waals surface area contributed by atoms with E-state index < -0.39 is 0 Å². The van der Waals surface area contributed by atoms with Crippen LogP contribution in [0.3, 0.4) is 0 Å². The van der Waals surface area contributed by atoms with Crippen molar-refractivity contribution >= 4 is 44.7 Å². The summed E-state index contributed by atoms with van der Waals surface area (Å²) in [5, 5.41) is 3.86. The minimum atomic E-state index is -0.159. The predicted molar refractivity (Wildman–Crippen MR) is 122 cm³/mol. The van der Waals surface area contributed by atoms with Crippen molar-refractivity contribution in [1.82, 2.24) is 9.97 Å². The largest absolute Gasteiger partial charge is 0.494 e. The van der Waals surface area contributed by atoms with Crippen molar-refractivity contribution in [2.75, 3.05) is 23.9 Å². The van der Waals surface area contributed by atoms with Crippen molar-refractivity contribution in [3.05, 3.63) is 71.4 Å². The van der Waals surface area contributed by atoms with Crippen LogP contribution >= 0.6 is 11.3 Å². The molecular weight excluding hydrogens is 396 g/mol. The van der Waals surface area contributed by atoms with Gasteiger partial charge in [-0.25, -0.2) is 9.97 Å². The van der Waals surface area contributed by atoms with Crippen molar-refractivity contribution in [2.45, 2.75) is 13.8 Å². The molecule has 1 N–H and O–H groups in total. The molecule has 0 fully saturated rings. The van der Waals surface area contributed by atoms with Gasteiger partial charge in [-0.15, -0.1) is 11.3 Å². The summed E-state index contributed by atoms with van der Waals surface area (Å²) in [5.41, 5.74) is 2.60. The van der Waals surface area contributed by atoms with Crippen LogP contribution in [0, 0.1) is 6.92 Å². The van der Waals surface area contributed by atoms with Crippen molar-refractivity contribution in [3.63, 3.8) is 0 Å². The van der Waals surface area contributed by atoms with Crippen LogP contribution in [0.25, 0.3) is 10.2 Å². The van der Waals surface area contributed by atoms with Crippen LogP contribution in [0.15, 0.2) is 60.9 Å². The smallest absolute Gasteiger partial charge is 0.266 e. The molecule has 0 aliphatic carbocycles. The first kappa shape index (κ1) is 19.8. The standard InChI is InChI=1S/C23H22N4O2S/c1-4-29-18-12-10-16(11-13-18)26-22(28)20-15(2)19-21(24-14-25-23(19)30-20)27(3)17-8-6-5-7-9-17/h5-14H,4H2,1-3H3,(H,26,28). The van der Waals surface area contributed by atoms with Crippen molar-refractivity contribution < 1.29 is 9.53 Å². The molecule has 1 amide bonds. The van der Waals surface area contributed by atoms with E-state index in [1.807, 2.05) is 80.4 Å². The Balaban J connectivity index is 1.65. The number of aryl methyl sites for hydroxylation is 1. The van der Waals surface area contributed by atoms with Gasteiger partial charge in [0.15, 0.2) is 0 Å². The first-order valence-electron chi connectivity index (χ1n) is 9.65. The summed E-state index contributed by atoms with van der Waals surface area (Å²) < 4.78 is 5.45. The number of carbonyl (C=O) groups excluding carboxylic acids is 1. The van der Waals surface area contributed by atoms with Crippen LogP contribution in [0.1, 0.15) is 22.2 Å². The van der Waals surface area contributed by atoms with Gasteiger partial charge < -0.3 is 15.0 Å². The van der Waals surface area contributed by atoms with E-state index in [4.69, 9.17) is 4.74 Å². The number of hydrogen-bond donors (Lipinski definition) is 1. The zero-order valence-electron chi connectivity index (χ0n) is 17.0. The highest BCUT2D eigenvalue weighted by atomic mass is 32.1. The van der Waals surface area contributed by atoms with Crippen LogP contribution in [0.2, 0.25) is 0 Å². The maximum Gasteiger partial charge on any atom is 0.266 e. The molecule has 6 nitrogen and oxygen atoms in total. The molecule has 152 valence electrons. The third-order valence-corrected chi connectivity index (χ3v) is 6.00. The summed E-state index contributed by atoms with van der Waals surface area (Å²) in [6.45, 7) is 4.48. The van der Waals surface area contributed by atoms with Gasteiger partial charge in [0.25, 0.3) is 5.91 Å². The van der Waals surface area contributed by atoms with Crippen LogP contribution in [0.5, 0.6) is 5.75 Å². The molecule has 0 unspecified atom stereocenters. The zero-order valence-corrected chi connectivity index (χ0v) is 17.9. The van der Waals surface area contributed by atoms with Gasteiger partial charge in [-0.1, -0.05) is 18.2 Å². The van der Waals surface area contributed by atoms with E-state index >= 15 is 0 Å². The van der Waals surface area contributed by atoms with E-state index in [0.29, 0.717) is 17.2 Å². The number of nitrogens with one attached hydrogen (secondary N) is 1. The van der Waals surface area contributed by atoms with Crippen molar-refractivity contribution in [3.8, 4) is 5.75 Å². The summed E-state index contributed by atoms with van der Waals surface area (Å²) in [6, 6.07) is 17.3. The molecule has 0 bridgehead atoms. The molecule has 4 aromatic rings. The lowest BCUT2D eigenvalue weighted by molar-refractivity contribution is 0.103. The molecule has 4 rings (SSSR count). The topological polar surface area (TPSA) is 67.3 Å². The molecule has 0 aliphatic rings. The number of hydrogen-bond acceptors (Lipinski definition) is 6. The van der Waals surface area contributed by atoms with Crippen LogP contribution in [-0.2, 0) is 0 Å². The molecule has 2 aromatic carbocycles. The Hall–Kier alpha value is -3.45.